The molecule has 2 unspecified atom stereocenters. The zero-order valence-corrected chi connectivity index (χ0v) is 16.1. The van der Waals surface area contributed by atoms with Crippen LogP contribution >= 0.6 is 0 Å². The van der Waals surface area contributed by atoms with Crippen LogP contribution in [0.5, 0.6) is 0 Å². The topological polar surface area (TPSA) is 130 Å². The molecular formula is C17H22N2O7S. The number of carboxylic acid groups (broad SMARTS) is 1. The van der Waals surface area contributed by atoms with Crippen molar-refractivity contribution in [3.63, 3.8) is 0 Å². The number of esters is 1. The first kappa shape index (κ1) is 20.7. The molecule has 1 aliphatic heterocycles. The number of aliphatic carboxylic acids is 1. The zero-order chi connectivity index (χ0) is 20.4. The summed E-state index contributed by atoms with van der Waals surface area (Å²) in [5, 5.41) is 11.8. The summed E-state index contributed by atoms with van der Waals surface area (Å²) in [7, 11) is -2.47. The van der Waals surface area contributed by atoms with Crippen LogP contribution in [0.25, 0.3) is 0 Å². The molecule has 0 aromatic heterocycles. The van der Waals surface area contributed by atoms with Gasteiger partial charge in [0.2, 0.25) is 0 Å². The highest BCUT2D eigenvalue weighted by molar-refractivity contribution is 7.90. The van der Waals surface area contributed by atoms with E-state index in [4.69, 9.17) is 0 Å². The van der Waals surface area contributed by atoms with Gasteiger partial charge in [-0.25, -0.2) is 18.0 Å². The predicted octanol–water partition coefficient (Wildman–Crippen LogP) is 1.45. The van der Waals surface area contributed by atoms with Crippen LogP contribution in [0.4, 0.5) is 10.5 Å². The summed E-state index contributed by atoms with van der Waals surface area (Å²) in [6.07, 6.45) is 1.47. The number of anilines is 1. The summed E-state index contributed by atoms with van der Waals surface area (Å²) < 4.78 is 28.3. The first-order valence-electron chi connectivity index (χ1n) is 8.23. The van der Waals surface area contributed by atoms with Gasteiger partial charge in [-0.1, -0.05) is 6.92 Å². The second-order valence-electron chi connectivity index (χ2n) is 6.72. The lowest BCUT2D eigenvalue weighted by atomic mass is 9.91. The van der Waals surface area contributed by atoms with Crippen LogP contribution in [0.1, 0.15) is 23.7 Å². The quantitative estimate of drug-likeness (QED) is 0.734. The second-order valence-corrected chi connectivity index (χ2v) is 8.74. The van der Waals surface area contributed by atoms with E-state index in [2.05, 4.69) is 10.1 Å². The van der Waals surface area contributed by atoms with Gasteiger partial charge in [0.15, 0.2) is 9.84 Å². The van der Waals surface area contributed by atoms with Gasteiger partial charge in [0, 0.05) is 25.0 Å². The molecule has 1 aromatic carbocycles. The summed E-state index contributed by atoms with van der Waals surface area (Å²) in [5.74, 6) is -2.36. The van der Waals surface area contributed by atoms with Crippen LogP contribution in [0.2, 0.25) is 0 Å². The number of ether oxygens (including phenoxy) is 1. The predicted molar refractivity (Wildman–Crippen MR) is 96.4 cm³/mol. The number of hydrogen-bond acceptors (Lipinski definition) is 6. The van der Waals surface area contributed by atoms with Gasteiger partial charge in [-0.2, -0.15) is 0 Å². The molecule has 0 saturated carbocycles. The number of amides is 2. The van der Waals surface area contributed by atoms with Crippen molar-refractivity contribution < 1.29 is 32.6 Å². The highest BCUT2D eigenvalue weighted by Crippen LogP contribution is 2.24. The van der Waals surface area contributed by atoms with Gasteiger partial charge >= 0.3 is 18.0 Å². The van der Waals surface area contributed by atoms with Gasteiger partial charge in [0.1, 0.15) is 0 Å². The van der Waals surface area contributed by atoms with Crippen molar-refractivity contribution in [3.05, 3.63) is 23.8 Å². The average Bonchev–Trinajstić information content (AvgIpc) is 2.59. The Kier molecular flexibility index (Phi) is 6.09. The number of rotatable bonds is 4. The third-order valence-electron chi connectivity index (χ3n) is 4.30. The Morgan fingerprint density at radius 3 is 2.44 bits per heavy atom. The molecule has 148 valence electrons. The SMILES string of the molecule is COC(=O)c1cc(NC(=O)N2CC(C)CC(C(=O)O)C2)cc(S(C)(=O)=O)c1. The Bertz CT molecular complexity index is 866. The molecule has 2 rings (SSSR count). The first-order chi connectivity index (χ1) is 12.5. The number of benzene rings is 1. The Morgan fingerprint density at radius 2 is 1.89 bits per heavy atom. The molecule has 0 aliphatic carbocycles. The summed E-state index contributed by atoms with van der Waals surface area (Å²) in [6, 6.07) is 3.15. The maximum Gasteiger partial charge on any atom is 0.337 e. The number of methoxy groups -OCH3 is 1. The minimum absolute atomic E-state index is 0.0126. The summed E-state index contributed by atoms with van der Waals surface area (Å²) in [6.45, 7) is 2.29. The molecule has 2 N–H and O–H groups in total. The number of nitrogens with zero attached hydrogens (tertiary/aromatic N) is 1. The zero-order valence-electron chi connectivity index (χ0n) is 15.3. The molecule has 0 radical (unpaired) electrons. The van der Waals surface area contributed by atoms with E-state index in [-0.39, 0.29) is 28.6 Å². The molecule has 27 heavy (non-hydrogen) atoms. The van der Waals surface area contributed by atoms with Crippen LogP contribution in [-0.2, 0) is 19.4 Å². The number of likely N-dealkylation sites (tertiary alicyclic amines) is 1. The summed E-state index contributed by atoms with van der Waals surface area (Å²) in [4.78, 5) is 36.8. The number of sulfone groups is 1. The fourth-order valence-electron chi connectivity index (χ4n) is 3.02. The molecule has 2 atom stereocenters. The largest absolute Gasteiger partial charge is 0.481 e. The van der Waals surface area contributed by atoms with E-state index in [1.54, 1.807) is 0 Å². The van der Waals surface area contributed by atoms with E-state index in [1.165, 1.54) is 23.1 Å². The number of urea groups is 1. The van der Waals surface area contributed by atoms with E-state index in [0.29, 0.717) is 13.0 Å². The van der Waals surface area contributed by atoms with Gasteiger partial charge in [-0.3, -0.25) is 4.79 Å². The Hall–Kier alpha value is -2.62. The van der Waals surface area contributed by atoms with Gasteiger partial charge < -0.3 is 20.1 Å². The molecule has 1 fully saturated rings. The van der Waals surface area contributed by atoms with Crippen molar-refractivity contribution in [3.8, 4) is 0 Å². The number of carboxylic acids is 1. The van der Waals surface area contributed by atoms with Gasteiger partial charge in [-0.05, 0) is 30.5 Å². The van der Waals surface area contributed by atoms with Gasteiger partial charge in [0.05, 0.1) is 23.5 Å². The average molecular weight is 398 g/mol. The van der Waals surface area contributed by atoms with E-state index in [1.807, 2.05) is 6.92 Å². The molecule has 0 spiro atoms. The van der Waals surface area contributed by atoms with Crippen molar-refractivity contribution in [2.75, 3.05) is 31.8 Å². The van der Waals surface area contributed by atoms with Crippen molar-refractivity contribution in [2.45, 2.75) is 18.2 Å². The maximum absolute atomic E-state index is 12.5. The van der Waals surface area contributed by atoms with Crippen molar-refractivity contribution in [1.29, 1.82) is 0 Å². The fourth-order valence-corrected chi connectivity index (χ4v) is 3.70. The van der Waals surface area contributed by atoms with Crippen molar-refractivity contribution >= 4 is 33.5 Å². The van der Waals surface area contributed by atoms with E-state index in [9.17, 15) is 27.9 Å². The Labute approximate surface area is 157 Å². The molecule has 1 saturated heterocycles. The normalized spacial score (nSPS) is 20.0. The van der Waals surface area contributed by atoms with Crippen LogP contribution in [-0.4, -0.2) is 62.8 Å². The third-order valence-corrected chi connectivity index (χ3v) is 5.40. The van der Waals surface area contributed by atoms with Crippen LogP contribution in [0.15, 0.2) is 23.1 Å². The van der Waals surface area contributed by atoms with Gasteiger partial charge in [0.25, 0.3) is 0 Å². The molecule has 0 bridgehead atoms. The molecule has 10 heteroatoms. The Morgan fingerprint density at radius 1 is 1.22 bits per heavy atom. The standard InChI is InChI=1S/C17H22N2O7S/c1-10-4-12(15(20)21)9-19(8-10)17(23)18-13-5-11(16(22)26-2)6-14(7-13)27(3,24)25/h5-7,10,12H,4,8-9H2,1-3H3,(H,18,23)(H,20,21). The highest BCUT2D eigenvalue weighted by atomic mass is 32.2. The monoisotopic (exact) mass is 398 g/mol. The minimum atomic E-state index is -3.63. The lowest BCUT2D eigenvalue weighted by molar-refractivity contribution is -0.143. The van der Waals surface area contributed by atoms with Crippen LogP contribution < -0.4 is 5.32 Å². The number of carbonyl (C=O) groups excluding carboxylic acids is 2. The Balaban J connectivity index is 2.28. The molecular weight excluding hydrogens is 376 g/mol. The molecule has 1 heterocycles. The molecule has 1 aromatic rings. The lowest BCUT2D eigenvalue weighted by Crippen LogP contribution is -2.47. The van der Waals surface area contributed by atoms with Crippen LogP contribution in [0, 0.1) is 11.8 Å². The second kappa shape index (κ2) is 7.95. The molecule has 1 aliphatic rings. The van der Waals surface area contributed by atoms with E-state index in [0.717, 1.165) is 13.4 Å². The van der Waals surface area contributed by atoms with Crippen molar-refractivity contribution in [2.24, 2.45) is 11.8 Å². The smallest absolute Gasteiger partial charge is 0.337 e. The summed E-state index contributed by atoms with van der Waals surface area (Å²) in [5.41, 5.74) is 0.0829. The number of nitrogens with one attached hydrogen (secondary N) is 1. The highest BCUT2D eigenvalue weighted by Gasteiger charge is 2.32. The molecule has 2 amide bonds. The first-order valence-corrected chi connectivity index (χ1v) is 10.1. The third kappa shape index (κ3) is 5.19. The summed E-state index contributed by atoms with van der Waals surface area (Å²) >= 11 is 0. The number of piperidine rings is 1. The number of hydrogen-bond donors (Lipinski definition) is 2. The number of carbonyl (C=O) groups is 3. The fraction of sp³-hybridized carbons (Fsp3) is 0.471. The molecule has 9 nitrogen and oxygen atoms in total. The van der Waals surface area contributed by atoms with Gasteiger partial charge in [-0.15, -0.1) is 0 Å². The van der Waals surface area contributed by atoms with E-state index >= 15 is 0 Å². The lowest BCUT2D eigenvalue weighted by Gasteiger charge is -2.34. The van der Waals surface area contributed by atoms with E-state index < -0.39 is 33.7 Å². The maximum atomic E-state index is 12.5. The van der Waals surface area contributed by atoms with Crippen LogP contribution in [0.3, 0.4) is 0 Å². The van der Waals surface area contributed by atoms with Crippen molar-refractivity contribution in [1.82, 2.24) is 4.90 Å². The minimum Gasteiger partial charge on any atom is -0.481 e.